The van der Waals surface area contributed by atoms with Gasteiger partial charge >= 0.3 is 0 Å². The molecule has 8 heteroatoms. The number of carbonyl (C=O) groups is 1. The Morgan fingerprint density at radius 2 is 2.37 bits per heavy atom. The van der Waals surface area contributed by atoms with E-state index in [1.807, 2.05) is 0 Å². The van der Waals surface area contributed by atoms with E-state index in [1.165, 1.54) is 29.8 Å². The van der Waals surface area contributed by atoms with E-state index in [4.69, 9.17) is 5.21 Å². The van der Waals surface area contributed by atoms with Crippen LogP contribution < -0.4 is 10.7 Å². The zero-order valence-electron chi connectivity index (χ0n) is 9.88. The fraction of sp³-hybridized carbons (Fsp3) is 0.0909. The van der Waals surface area contributed by atoms with Gasteiger partial charge in [-0.25, -0.2) is 4.98 Å². The molecule has 0 fully saturated rings. The average molecular weight is 278 g/mol. The van der Waals surface area contributed by atoms with E-state index in [9.17, 15) is 9.59 Å². The molecule has 0 aliphatic heterocycles. The van der Waals surface area contributed by atoms with Crippen molar-refractivity contribution in [3.8, 4) is 0 Å². The molecule has 0 saturated carbocycles. The first-order valence-electron chi connectivity index (χ1n) is 5.25. The van der Waals surface area contributed by atoms with Crippen LogP contribution in [0.3, 0.4) is 0 Å². The molecular formula is C11H10N4O3S. The number of aromatic amines is 1. The van der Waals surface area contributed by atoms with Gasteiger partial charge in [0.05, 0.1) is 0 Å². The third-order valence-electron chi connectivity index (χ3n) is 2.31. The fourth-order valence-electron chi connectivity index (χ4n) is 1.31. The lowest BCUT2D eigenvalue weighted by atomic mass is 10.2. The number of H-pyrrole nitrogens is 1. The Balaban J connectivity index is 2.18. The van der Waals surface area contributed by atoms with Crippen LogP contribution in [0.2, 0.25) is 0 Å². The van der Waals surface area contributed by atoms with Crippen molar-refractivity contribution in [3.05, 3.63) is 45.3 Å². The lowest BCUT2D eigenvalue weighted by Crippen LogP contribution is -2.20. The number of oxime groups is 1. The molecule has 0 saturated heterocycles. The highest BCUT2D eigenvalue weighted by molar-refractivity contribution is 7.14. The van der Waals surface area contributed by atoms with Crippen molar-refractivity contribution in [2.75, 3.05) is 5.32 Å². The molecule has 2 aromatic heterocycles. The molecule has 0 aliphatic rings. The van der Waals surface area contributed by atoms with Crippen LogP contribution in [-0.4, -0.2) is 26.8 Å². The van der Waals surface area contributed by atoms with Crippen LogP contribution >= 0.6 is 11.3 Å². The largest absolute Gasteiger partial charge is 0.411 e. The molecule has 0 radical (unpaired) electrons. The number of aromatic nitrogens is 2. The van der Waals surface area contributed by atoms with Crippen LogP contribution in [0, 0.1) is 0 Å². The predicted molar refractivity (Wildman–Crippen MR) is 71.1 cm³/mol. The van der Waals surface area contributed by atoms with Gasteiger partial charge in [-0.2, -0.15) is 0 Å². The molecule has 2 aromatic rings. The maximum Gasteiger partial charge on any atom is 0.262 e. The van der Waals surface area contributed by atoms with E-state index in [1.54, 1.807) is 12.3 Å². The number of pyridine rings is 1. The maximum absolute atomic E-state index is 11.8. The Bertz CT molecular complexity index is 689. The number of amides is 1. The number of carbonyl (C=O) groups excluding carboxylic acids is 1. The second-order valence-electron chi connectivity index (χ2n) is 3.60. The van der Waals surface area contributed by atoms with Crippen LogP contribution in [0.25, 0.3) is 0 Å². The number of nitrogens with zero attached hydrogens (tertiary/aromatic N) is 2. The van der Waals surface area contributed by atoms with Gasteiger partial charge in [0.2, 0.25) is 0 Å². The minimum atomic E-state index is -0.540. The van der Waals surface area contributed by atoms with Gasteiger partial charge in [0.1, 0.15) is 17.0 Å². The Kier molecular flexibility index (Phi) is 3.71. The Morgan fingerprint density at radius 3 is 3.05 bits per heavy atom. The molecule has 1 amide bonds. The molecule has 0 aromatic carbocycles. The van der Waals surface area contributed by atoms with Gasteiger partial charge in [-0.3, -0.25) is 14.9 Å². The fourth-order valence-corrected chi connectivity index (χ4v) is 2.06. The molecule has 98 valence electrons. The van der Waals surface area contributed by atoms with Gasteiger partial charge in [0, 0.05) is 23.8 Å². The molecular weight excluding hydrogens is 268 g/mol. The summed E-state index contributed by atoms with van der Waals surface area (Å²) in [5.41, 5.74) is 0.437. The van der Waals surface area contributed by atoms with Gasteiger partial charge in [-0.05, 0) is 6.92 Å². The minimum absolute atomic E-state index is 0.00629. The highest BCUT2D eigenvalue weighted by Gasteiger charge is 2.12. The van der Waals surface area contributed by atoms with Crippen molar-refractivity contribution in [2.24, 2.45) is 5.16 Å². The molecule has 3 N–H and O–H groups in total. The van der Waals surface area contributed by atoms with E-state index in [0.29, 0.717) is 16.5 Å². The standard InChI is InChI=1S/C11H10N4O3S/c1-6(15-18)8-5-19-11(13-8)14-10(17)7-4-12-3-2-9(7)16/h2-5,18H,1H3,(H,12,16)(H,13,14,17)/b15-6-. The van der Waals surface area contributed by atoms with Crippen molar-refractivity contribution in [1.29, 1.82) is 0 Å². The summed E-state index contributed by atoms with van der Waals surface area (Å²) in [6.07, 6.45) is 2.77. The quantitative estimate of drug-likeness (QED) is 0.446. The zero-order chi connectivity index (χ0) is 13.8. The average Bonchev–Trinajstić information content (AvgIpc) is 2.86. The third-order valence-corrected chi connectivity index (χ3v) is 3.07. The summed E-state index contributed by atoms with van der Waals surface area (Å²) < 4.78 is 0. The van der Waals surface area contributed by atoms with Crippen molar-refractivity contribution >= 4 is 28.1 Å². The molecule has 0 spiro atoms. The van der Waals surface area contributed by atoms with E-state index < -0.39 is 5.91 Å². The number of anilines is 1. The van der Waals surface area contributed by atoms with E-state index >= 15 is 0 Å². The normalized spacial score (nSPS) is 11.3. The van der Waals surface area contributed by atoms with Crippen LogP contribution in [0.5, 0.6) is 0 Å². The number of thiazole rings is 1. The summed E-state index contributed by atoms with van der Waals surface area (Å²) in [6.45, 7) is 1.59. The van der Waals surface area contributed by atoms with Crippen molar-refractivity contribution in [3.63, 3.8) is 0 Å². The Morgan fingerprint density at radius 1 is 1.58 bits per heavy atom. The Hall–Kier alpha value is -2.48. The summed E-state index contributed by atoms with van der Waals surface area (Å²) in [5.74, 6) is -0.540. The first-order chi connectivity index (χ1) is 9.11. The second kappa shape index (κ2) is 5.44. The molecule has 7 nitrogen and oxygen atoms in total. The summed E-state index contributed by atoms with van der Waals surface area (Å²) in [7, 11) is 0. The van der Waals surface area contributed by atoms with Crippen LogP contribution in [0.15, 0.2) is 33.8 Å². The molecule has 0 atom stereocenters. The number of rotatable bonds is 3. The highest BCUT2D eigenvalue weighted by Crippen LogP contribution is 2.16. The van der Waals surface area contributed by atoms with Gasteiger partial charge in [-0.15, -0.1) is 11.3 Å². The zero-order valence-corrected chi connectivity index (χ0v) is 10.7. The maximum atomic E-state index is 11.8. The summed E-state index contributed by atoms with van der Waals surface area (Å²) >= 11 is 1.17. The van der Waals surface area contributed by atoms with Crippen LogP contribution in [-0.2, 0) is 0 Å². The lowest BCUT2D eigenvalue weighted by molar-refractivity contribution is 0.102. The SMILES string of the molecule is C/C(=N/O)c1csc(NC(=O)c2c[nH]ccc2=O)n1. The lowest BCUT2D eigenvalue weighted by Gasteiger charge is -1.99. The minimum Gasteiger partial charge on any atom is -0.411 e. The number of nitrogens with one attached hydrogen (secondary N) is 2. The van der Waals surface area contributed by atoms with Crippen LogP contribution in [0.4, 0.5) is 5.13 Å². The van der Waals surface area contributed by atoms with Crippen molar-refractivity contribution in [1.82, 2.24) is 9.97 Å². The number of hydrogen-bond donors (Lipinski definition) is 3. The van der Waals surface area contributed by atoms with Crippen molar-refractivity contribution in [2.45, 2.75) is 6.92 Å². The first-order valence-corrected chi connectivity index (χ1v) is 6.13. The van der Waals surface area contributed by atoms with Crippen molar-refractivity contribution < 1.29 is 10.0 Å². The molecule has 0 unspecified atom stereocenters. The van der Waals surface area contributed by atoms with E-state index in [-0.39, 0.29) is 11.0 Å². The molecule has 19 heavy (non-hydrogen) atoms. The van der Waals surface area contributed by atoms with E-state index in [2.05, 4.69) is 20.4 Å². The molecule has 0 bridgehead atoms. The second-order valence-corrected chi connectivity index (χ2v) is 4.46. The van der Waals surface area contributed by atoms with Gasteiger partial charge in [0.15, 0.2) is 10.6 Å². The number of hydrogen-bond acceptors (Lipinski definition) is 6. The molecule has 2 rings (SSSR count). The smallest absolute Gasteiger partial charge is 0.262 e. The topological polar surface area (TPSA) is 107 Å². The predicted octanol–water partition coefficient (Wildman–Crippen LogP) is 1.28. The monoisotopic (exact) mass is 278 g/mol. The van der Waals surface area contributed by atoms with E-state index in [0.717, 1.165) is 0 Å². The third kappa shape index (κ3) is 2.86. The van der Waals surface area contributed by atoms with Gasteiger partial charge in [-0.1, -0.05) is 5.16 Å². The summed E-state index contributed by atoms with van der Waals surface area (Å²) in [6, 6.07) is 1.27. The molecule has 2 heterocycles. The summed E-state index contributed by atoms with van der Waals surface area (Å²) in [4.78, 5) is 30.0. The highest BCUT2D eigenvalue weighted by atomic mass is 32.1. The van der Waals surface area contributed by atoms with Gasteiger partial charge in [0.25, 0.3) is 5.91 Å². The summed E-state index contributed by atoms with van der Waals surface area (Å²) in [5, 5.41) is 16.1. The van der Waals surface area contributed by atoms with Gasteiger partial charge < -0.3 is 10.2 Å². The first kappa shape index (κ1) is 13.0. The molecule has 0 aliphatic carbocycles. The Labute approximate surface area is 111 Å². The van der Waals surface area contributed by atoms with Crippen LogP contribution in [0.1, 0.15) is 23.0 Å².